The molecule has 0 saturated carbocycles. The molecule has 0 aliphatic heterocycles. The second kappa shape index (κ2) is 5.04. The van der Waals surface area contributed by atoms with Crippen molar-refractivity contribution >= 4 is 5.69 Å². The van der Waals surface area contributed by atoms with Crippen molar-refractivity contribution in [3.63, 3.8) is 0 Å². The van der Waals surface area contributed by atoms with Gasteiger partial charge in [-0.15, -0.1) is 0 Å². The highest BCUT2D eigenvalue weighted by Crippen LogP contribution is 2.19. The molecule has 1 aromatic rings. The lowest BCUT2D eigenvalue weighted by atomic mass is 10.0. The average Bonchev–Trinajstić information content (AvgIpc) is 2.09. The van der Waals surface area contributed by atoms with Crippen LogP contribution in [-0.2, 0) is 6.42 Å². The molecule has 0 saturated heterocycles. The van der Waals surface area contributed by atoms with Gasteiger partial charge in [-0.05, 0) is 44.4 Å². The topological polar surface area (TPSA) is 12.0 Å². The quantitative estimate of drug-likeness (QED) is 0.764. The summed E-state index contributed by atoms with van der Waals surface area (Å²) in [5.74, 6) is 0. The zero-order valence-electron chi connectivity index (χ0n) is 9.72. The Hall–Kier alpha value is -0.980. The van der Waals surface area contributed by atoms with E-state index in [-0.39, 0.29) is 0 Å². The predicted octanol–water partition coefficient (Wildman–Crippen LogP) is 3.77. The molecule has 0 bridgehead atoms. The van der Waals surface area contributed by atoms with E-state index in [1.807, 2.05) is 0 Å². The molecule has 0 fully saturated rings. The molecule has 0 atom stereocenters. The number of hydrogen-bond acceptors (Lipinski definition) is 1. The summed E-state index contributed by atoms with van der Waals surface area (Å²) in [6, 6.07) is 7.18. The van der Waals surface area contributed by atoms with Gasteiger partial charge in [0.25, 0.3) is 0 Å². The highest BCUT2D eigenvalue weighted by atomic mass is 14.9. The van der Waals surface area contributed by atoms with Crippen LogP contribution in [0.3, 0.4) is 0 Å². The molecule has 1 nitrogen and oxygen atoms in total. The van der Waals surface area contributed by atoms with Gasteiger partial charge in [-0.2, -0.15) is 0 Å². The lowest BCUT2D eigenvalue weighted by Crippen LogP contribution is -2.11. The Kier molecular flexibility index (Phi) is 3.99. The maximum Gasteiger partial charge on any atom is 0.0377 e. The number of aryl methyl sites for hydroxylation is 2. The summed E-state index contributed by atoms with van der Waals surface area (Å²) < 4.78 is 0. The molecule has 1 aromatic carbocycles. The summed E-state index contributed by atoms with van der Waals surface area (Å²) in [6.07, 6.45) is 2.37. The van der Waals surface area contributed by atoms with Crippen LogP contribution in [0.25, 0.3) is 0 Å². The molecular weight excluding hydrogens is 170 g/mol. The standard InChI is InChI=1S/C13H21N/c1-5-6-12-8-7-11(4)9-13(12)14-10(2)3/h7-10,14H,5-6H2,1-4H3. The van der Waals surface area contributed by atoms with Crippen molar-refractivity contribution in [1.82, 2.24) is 0 Å². The van der Waals surface area contributed by atoms with Crippen molar-refractivity contribution < 1.29 is 0 Å². The van der Waals surface area contributed by atoms with Crippen molar-refractivity contribution in [3.8, 4) is 0 Å². The number of hydrogen-bond donors (Lipinski definition) is 1. The van der Waals surface area contributed by atoms with Gasteiger partial charge in [0, 0.05) is 11.7 Å². The number of benzene rings is 1. The van der Waals surface area contributed by atoms with Crippen LogP contribution < -0.4 is 5.32 Å². The zero-order valence-corrected chi connectivity index (χ0v) is 9.72. The first kappa shape index (κ1) is 11.1. The first-order chi connectivity index (χ1) is 6.63. The Labute approximate surface area is 87.5 Å². The molecule has 0 heterocycles. The maximum absolute atomic E-state index is 3.50. The third kappa shape index (κ3) is 3.06. The third-order valence-electron chi connectivity index (χ3n) is 2.23. The highest BCUT2D eigenvalue weighted by Gasteiger charge is 2.02. The molecule has 0 radical (unpaired) electrons. The Morgan fingerprint density at radius 2 is 2.00 bits per heavy atom. The van der Waals surface area contributed by atoms with Crippen LogP contribution in [0.1, 0.15) is 38.3 Å². The third-order valence-corrected chi connectivity index (χ3v) is 2.23. The monoisotopic (exact) mass is 191 g/mol. The van der Waals surface area contributed by atoms with Crippen LogP contribution in [0.4, 0.5) is 5.69 Å². The zero-order chi connectivity index (χ0) is 10.6. The second-order valence-corrected chi connectivity index (χ2v) is 4.21. The Morgan fingerprint density at radius 1 is 1.29 bits per heavy atom. The molecule has 0 spiro atoms. The highest BCUT2D eigenvalue weighted by molar-refractivity contribution is 5.53. The summed E-state index contributed by atoms with van der Waals surface area (Å²) in [4.78, 5) is 0. The summed E-state index contributed by atoms with van der Waals surface area (Å²) >= 11 is 0. The van der Waals surface area contributed by atoms with Crippen LogP contribution >= 0.6 is 0 Å². The lowest BCUT2D eigenvalue weighted by Gasteiger charge is -2.15. The number of nitrogens with one attached hydrogen (secondary N) is 1. The molecule has 1 rings (SSSR count). The molecule has 0 unspecified atom stereocenters. The number of anilines is 1. The number of rotatable bonds is 4. The minimum Gasteiger partial charge on any atom is -0.383 e. The van der Waals surface area contributed by atoms with Crippen molar-refractivity contribution in [2.24, 2.45) is 0 Å². The Morgan fingerprint density at radius 3 is 2.57 bits per heavy atom. The van der Waals surface area contributed by atoms with E-state index >= 15 is 0 Å². The van der Waals surface area contributed by atoms with Gasteiger partial charge >= 0.3 is 0 Å². The van der Waals surface area contributed by atoms with Gasteiger partial charge in [0.1, 0.15) is 0 Å². The Bertz CT molecular complexity index is 289. The van der Waals surface area contributed by atoms with Crippen LogP contribution in [0.2, 0.25) is 0 Å². The van der Waals surface area contributed by atoms with Gasteiger partial charge < -0.3 is 5.32 Å². The first-order valence-corrected chi connectivity index (χ1v) is 5.49. The molecule has 0 aliphatic rings. The maximum atomic E-state index is 3.50. The van der Waals surface area contributed by atoms with E-state index in [1.54, 1.807) is 0 Å². The smallest absolute Gasteiger partial charge is 0.0377 e. The molecule has 0 aliphatic carbocycles. The largest absolute Gasteiger partial charge is 0.383 e. The van der Waals surface area contributed by atoms with Crippen LogP contribution in [0.15, 0.2) is 18.2 Å². The van der Waals surface area contributed by atoms with Crippen molar-refractivity contribution in [2.75, 3.05) is 5.32 Å². The van der Waals surface area contributed by atoms with E-state index in [4.69, 9.17) is 0 Å². The fourth-order valence-corrected chi connectivity index (χ4v) is 1.62. The normalized spacial score (nSPS) is 10.6. The summed E-state index contributed by atoms with van der Waals surface area (Å²) in [7, 11) is 0. The summed E-state index contributed by atoms with van der Waals surface area (Å²) in [5, 5.41) is 3.50. The van der Waals surface area contributed by atoms with E-state index < -0.39 is 0 Å². The van der Waals surface area contributed by atoms with E-state index in [0.29, 0.717) is 6.04 Å². The molecule has 1 heteroatoms. The van der Waals surface area contributed by atoms with Gasteiger partial charge in [-0.25, -0.2) is 0 Å². The SMILES string of the molecule is CCCc1ccc(C)cc1NC(C)C. The first-order valence-electron chi connectivity index (χ1n) is 5.49. The second-order valence-electron chi connectivity index (χ2n) is 4.21. The van der Waals surface area contributed by atoms with Crippen molar-refractivity contribution in [3.05, 3.63) is 29.3 Å². The fourth-order valence-electron chi connectivity index (χ4n) is 1.62. The van der Waals surface area contributed by atoms with Crippen LogP contribution in [0.5, 0.6) is 0 Å². The molecule has 0 amide bonds. The van der Waals surface area contributed by atoms with Crippen LogP contribution in [0, 0.1) is 6.92 Å². The molecular formula is C13H21N. The average molecular weight is 191 g/mol. The fraction of sp³-hybridized carbons (Fsp3) is 0.538. The van der Waals surface area contributed by atoms with E-state index in [1.165, 1.54) is 23.2 Å². The lowest BCUT2D eigenvalue weighted by molar-refractivity contribution is 0.877. The van der Waals surface area contributed by atoms with E-state index in [2.05, 4.69) is 51.2 Å². The molecule has 14 heavy (non-hydrogen) atoms. The predicted molar refractivity (Wildman–Crippen MR) is 63.9 cm³/mol. The van der Waals surface area contributed by atoms with Gasteiger partial charge in [-0.3, -0.25) is 0 Å². The van der Waals surface area contributed by atoms with Crippen molar-refractivity contribution in [2.45, 2.75) is 46.6 Å². The molecule has 0 aromatic heterocycles. The minimum atomic E-state index is 0.507. The molecule has 1 N–H and O–H groups in total. The van der Waals surface area contributed by atoms with Gasteiger partial charge in [0.2, 0.25) is 0 Å². The van der Waals surface area contributed by atoms with Crippen LogP contribution in [-0.4, -0.2) is 6.04 Å². The minimum absolute atomic E-state index is 0.507. The van der Waals surface area contributed by atoms with Gasteiger partial charge in [0.15, 0.2) is 0 Å². The van der Waals surface area contributed by atoms with Gasteiger partial charge in [0.05, 0.1) is 0 Å². The van der Waals surface area contributed by atoms with E-state index in [0.717, 1.165) is 6.42 Å². The van der Waals surface area contributed by atoms with Gasteiger partial charge in [-0.1, -0.05) is 25.5 Å². The van der Waals surface area contributed by atoms with E-state index in [9.17, 15) is 0 Å². The summed E-state index contributed by atoms with van der Waals surface area (Å²) in [6.45, 7) is 8.72. The van der Waals surface area contributed by atoms with Crippen molar-refractivity contribution in [1.29, 1.82) is 0 Å². The Balaban J connectivity index is 2.90. The molecule has 78 valence electrons. The summed E-state index contributed by atoms with van der Waals surface area (Å²) in [5.41, 5.74) is 4.07.